The molecule has 0 amide bonds. The number of nitrogens with zero attached hydrogens (tertiary/aromatic N) is 3. The van der Waals surface area contributed by atoms with Crippen LogP contribution in [-0.4, -0.2) is 23.0 Å². The van der Waals surface area contributed by atoms with Crippen molar-refractivity contribution in [1.29, 1.82) is 0 Å². The van der Waals surface area contributed by atoms with E-state index in [0.717, 1.165) is 4.47 Å². The Morgan fingerprint density at radius 1 is 1.21 bits per heavy atom. The summed E-state index contributed by atoms with van der Waals surface area (Å²) in [7, 11) is 1.48. The summed E-state index contributed by atoms with van der Waals surface area (Å²) in [5.74, 6) is 0.802. The zero-order valence-electron chi connectivity index (χ0n) is 18.4. The van der Waals surface area contributed by atoms with Crippen molar-refractivity contribution in [1.82, 2.24) is 9.66 Å². The molecule has 0 aliphatic rings. The van der Waals surface area contributed by atoms with Gasteiger partial charge in [-0.15, -0.1) is 0 Å². The predicted molar refractivity (Wildman–Crippen MR) is 135 cm³/mol. The average Bonchev–Trinajstić information content (AvgIpc) is 2.83. The second kappa shape index (κ2) is 10.4. The summed E-state index contributed by atoms with van der Waals surface area (Å²) in [6, 6.07) is 15.0. The summed E-state index contributed by atoms with van der Waals surface area (Å²) in [5, 5.41) is 5.09. The van der Waals surface area contributed by atoms with Crippen LogP contribution in [0.1, 0.15) is 23.9 Å². The molecule has 0 unspecified atom stereocenters. The number of hydrogen-bond acceptors (Lipinski definition) is 5. The summed E-state index contributed by atoms with van der Waals surface area (Å²) in [6.45, 7) is 1.89. The minimum atomic E-state index is -0.366. The van der Waals surface area contributed by atoms with Crippen molar-refractivity contribution in [3.63, 3.8) is 0 Å². The van der Waals surface area contributed by atoms with E-state index in [-0.39, 0.29) is 28.8 Å². The molecule has 1 aromatic heterocycles. The monoisotopic (exact) mass is 543 g/mol. The molecule has 0 saturated heterocycles. The molecule has 0 fully saturated rings. The van der Waals surface area contributed by atoms with E-state index in [1.165, 1.54) is 24.1 Å². The Morgan fingerprint density at radius 2 is 2.00 bits per heavy atom. The van der Waals surface area contributed by atoms with Crippen LogP contribution >= 0.6 is 27.5 Å². The molecule has 4 aromatic rings. The first-order chi connectivity index (χ1) is 16.4. The molecule has 3 aromatic carbocycles. The molecule has 9 heteroatoms. The highest BCUT2D eigenvalue weighted by atomic mass is 79.9. The highest BCUT2D eigenvalue weighted by Gasteiger charge is 2.14. The molecule has 1 heterocycles. The number of methoxy groups -OCH3 is 1. The molecule has 0 atom stereocenters. The minimum Gasteiger partial charge on any atom is -0.493 e. The van der Waals surface area contributed by atoms with E-state index in [4.69, 9.17) is 21.1 Å². The van der Waals surface area contributed by atoms with Gasteiger partial charge in [0.15, 0.2) is 11.5 Å². The number of benzene rings is 3. The van der Waals surface area contributed by atoms with Crippen LogP contribution in [0.2, 0.25) is 5.02 Å². The molecule has 0 aliphatic carbocycles. The van der Waals surface area contributed by atoms with E-state index >= 15 is 0 Å². The number of ether oxygens (including phenoxy) is 2. The van der Waals surface area contributed by atoms with Gasteiger partial charge < -0.3 is 9.47 Å². The second-order valence-corrected chi connectivity index (χ2v) is 8.64. The van der Waals surface area contributed by atoms with Gasteiger partial charge in [0, 0.05) is 16.5 Å². The second-order valence-electron chi connectivity index (χ2n) is 7.32. The van der Waals surface area contributed by atoms with E-state index < -0.39 is 0 Å². The Kier molecular flexibility index (Phi) is 7.29. The van der Waals surface area contributed by atoms with Crippen LogP contribution in [0, 0.1) is 5.82 Å². The van der Waals surface area contributed by atoms with Gasteiger partial charge in [0.2, 0.25) is 0 Å². The standard InChI is InChI=1S/C25H20BrClFN3O3/c1-3-23-30-21-9-8-17(26)12-18(21)25(32)31(23)29-13-15-10-19(27)24(22(11-15)33-2)34-14-16-6-4-5-7-20(16)28/h4-13H,3,14H2,1-2H3. The first-order valence-corrected chi connectivity index (χ1v) is 11.6. The fourth-order valence-corrected chi connectivity index (χ4v) is 4.02. The summed E-state index contributed by atoms with van der Waals surface area (Å²) in [5.41, 5.74) is 1.32. The highest BCUT2D eigenvalue weighted by Crippen LogP contribution is 2.36. The molecule has 6 nitrogen and oxygen atoms in total. The van der Waals surface area contributed by atoms with E-state index in [0.29, 0.717) is 40.0 Å². The predicted octanol–water partition coefficient (Wildman–Crippen LogP) is 5.98. The average molecular weight is 545 g/mol. The van der Waals surface area contributed by atoms with E-state index in [1.54, 1.807) is 42.5 Å². The number of hydrogen-bond donors (Lipinski definition) is 0. The lowest BCUT2D eigenvalue weighted by Gasteiger charge is -2.14. The van der Waals surface area contributed by atoms with E-state index in [9.17, 15) is 9.18 Å². The zero-order chi connectivity index (χ0) is 24.2. The summed E-state index contributed by atoms with van der Waals surface area (Å²) < 4.78 is 27.1. The lowest BCUT2D eigenvalue weighted by Crippen LogP contribution is -2.22. The van der Waals surface area contributed by atoms with Crippen molar-refractivity contribution in [3.8, 4) is 11.5 Å². The lowest BCUT2D eigenvalue weighted by atomic mass is 10.2. The molecule has 0 N–H and O–H groups in total. The Morgan fingerprint density at radius 3 is 2.74 bits per heavy atom. The molecule has 0 spiro atoms. The van der Waals surface area contributed by atoms with Crippen LogP contribution in [0.15, 0.2) is 69.0 Å². The topological polar surface area (TPSA) is 65.7 Å². The van der Waals surface area contributed by atoms with Crippen molar-refractivity contribution < 1.29 is 13.9 Å². The molecule has 4 rings (SSSR count). The molecule has 0 saturated carbocycles. The van der Waals surface area contributed by atoms with Crippen molar-refractivity contribution in [3.05, 3.63) is 97.2 Å². The van der Waals surface area contributed by atoms with Crippen LogP contribution in [0.4, 0.5) is 4.39 Å². The minimum absolute atomic E-state index is 0.0102. The van der Waals surface area contributed by atoms with Gasteiger partial charge in [-0.1, -0.05) is 52.7 Å². The number of rotatable bonds is 7. The molecule has 0 aliphatic heterocycles. The summed E-state index contributed by atoms with van der Waals surface area (Å²) in [6.07, 6.45) is 2.02. The van der Waals surface area contributed by atoms with Gasteiger partial charge in [-0.25, -0.2) is 9.37 Å². The number of halogens is 3. The smallest absolute Gasteiger partial charge is 0.282 e. The number of aromatic nitrogens is 2. The molecule has 0 radical (unpaired) electrons. The van der Waals surface area contributed by atoms with Gasteiger partial charge in [0.05, 0.1) is 29.2 Å². The van der Waals surface area contributed by atoms with Crippen molar-refractivity contribution in [2.24, 2.45) is 5.10 Å². The van der Waals surface area contributed by atoms with E-state index in [1.807, 2.05) is 13.0 Å². The fraction of sp³-hybridized carbons (Fsp3) is 0.160. The third-order valence-electron chi connectivity index (χ3n) is 5.10. The highest BCUT2D eigenvalue weighted by molar-refractivity contribution is 9.10. The lowest BCUT2D eigenvalue weighted by molar-refractivity contribution is 0.280. The van der Waals surface area contributed by atoms with Crippen LogP contribution in [0.25, 0.3) is 10.9 Å². The van der Waals surface area contributed by atoms with E-state index in [2.05, 4.69) is 26.0 Å². The van der Waals surface area contributed by atoms with Gasteiger partial charge in [-0.2, -0.15) is 9.78 Å². The van der Waals surface area contributed by atoms with Crippen LogP contribution < -0.4 is 15.0 Å². The van der Waals surface area contributed by atoms with Gasteiger partial charge in [-0.05, 0) is 42.0 Å². The molecule has 34 heavy (non-hydrogen) atoms. The molecule has 174 valence electrons. The first kappa shape index (κ1) is 23.9. The quantitative estimate of drug-likeness (QED) is 0.268. The van der Waals surface area contributed by atoms with Gasteiger partial charge in [-0.3, -0.25) is 4.79 Å². The molecule has 0 bridgehead atoms. The fourth-order valence-electron chi connectivity index (χ4n) is 3.39. The zero-order valence-corrected chi connectivity index (χ0v) is 20.7. The van der Waals surface area contributed by atoms with Gasteiger partial charge in [0.25, 0.3) is 5.56 Å². The van der Waals surface area contributed by atoms with Crippen molar-refractivity contribution in [2.75, 3.05) is 7.11 Å². The normalized spacial score (nSPS) is 11.3. The maximum absolute atomic E-state index is 13.9. The Bertz CT molecular complexity index is 1460. The maximum Gasteiger partial charge on any atom is 0.282 e. The third-order valence-corrected chi connectivity index (χ3v) is 5.87. The Hall–Kier alpha value is -3.23. The Labute approximate surface area is 208 Å². The van der Waals surface area contributed by atoms with Gasteiger partial charge in [0.1, 0.15) is 18.2 Å². The third kappa shape index (κ3) is 4.98. The van der Waals surface area contributed by atoms with Crippen LogP contribution in [-0.2, 0) is 13.0 Å². The maximum atomic E-state index is 13.9. The molecular formula is C25H20BrClFN3O3. The van der Waals surface area contributed by atoms with Gasteiger partial charge >= 0.3 is 0 Å². The molecular weight excluding hydrogens is 525 g/mol. The number of aryl methyl sites for hydroxylation is 1. The first-order valence-electron chi connectivity index (χ1n) is 10.4. The van der Waals surface area contributed by atoms with Crippen LogP contribution in [0.3, 0.4) is 0 Å². The van der Waals surface area contributed by atoms with Crippen LogP contribution in [0.5, 0.6) is 11.5 Å². The SMILES string of the molecule is CCc1nc2ccc(Br)cc2c(=O)n1N=Cc1cc(Cl)c(OCc2ccccc2F)c(OC)c1. The van der Waals surface area contributed by atoms with Crippen molar-refractivity contribution in [2.45, 2.75) is 20.0 Å². The summed E-state index contributed by atoms with van der Waals surface area (Å²) in [4.78, 5) is 17.6. The van der Waals surface area contributed by atoms with Crippen molar-refractivity contribution >= 4 is 44.6 Å². The largest absolute Gasteiger partial charge is 0.493 e. The Balaban J connectivity index is 1.67. The summed E-state index contributed by atoms with van der Waals surface area (Å²) >= 11 is 9.83. The number of fused-ring (bicyclic) bond motifs is 1.